The van der Waals surface area contributed by atoms with Gasteiger partial charge in [0.25, 0.3) is 0 Å². The third-order valence-electron chi connectivity index (χ3n) is 3.73. The molecule has 2 aromatic carbocycles. The summed E-state index contributed by atoms with van der Waals surface area (Å²) >= 11 is 6.16. The molecule has 0 atom stereocenters. The van der Waals surface area contributed by atoms with E-state index in [9.17, 15) is 0 Å². The number of methoxy groups -OCH3 is 3. The predicted octanol–water partition coefficient (Wildman–Crippen LogP) is 4.64. The highest BCUT2D eigenvalue weighted by Gasteiger charge is 2.08. The number of aromatic nitrogens is 2. The third-order valence-corrected chi connectivity index (χ3v) is 4.03. The molecule has 3 rings (SSSR count). The molecule has 0 bridgehead atoms. The van der Waals surface area contributed by atoms with E-state index in [2.05, 4.69) is 20.6 Å². The molecule has 0 unspecified atom stereocenters. The quantitative estimate of drug-likeness (QED) is 0.612. The highest BCUT2D eigenvalue weighted by Crippen LogP contribution is 2.31. The Balaban J connectivity index is 1.81. The molecule has 7 nitrogen and oxygen atoms in total. The second-order valence-electron chi connectivity index (χ2n) is 5.43. The van der Waals surface area contributed by atoms with Crippen LogP contribution in [-0.4, -0.2) is 31.3 Å². The zero-order valence-corrected chi connectivity index (χ0v) is 15.9. The second kappa shape index (κ2) is 8.46. The van der Waals surface area contributed by atoms with E-state index in [1.165, 1.54) is 0 Å². The van der Waals surface area contributed by atoms with Gasteiger partial charge >= 0.3 is 0 Å². The Bertz CT molecular complexity index is 937. The minimum Gasteiger partial charge on any atom is -0.497 e. The summed E-state index contributed by atoms with van der Waals surface area (Å²) in [4.78, 5) is 8.71. The Labute approximate surface area is 162 Å². The van der Waals surface area contributed by atoms with E-state index in [1.54, 1.807) is 45.7 Å². The lowest BCUT2D eigenvalue weighted by Crippen LogP contribution is -2.02. The van der Waals surface area contributed by atoms with Crippen LogP contribution in [0.3, 0.4) is 0 Å². The van der Waals surface area contributed by atoms with Gasteiger partial charge in [-0.15, -0.1) is 0 Å². The number of nitrogens with one attached hydrogen (secondary N) is 2. The molecule has 2 N–H and O–H groups in total. The van der Waals surface area contributed by atoms with Crippen LogP contribution in [0, 0.1) is 0 Å². The van der Waals surface area contributed by atoms with Gasteiger partial charge < -0.3 is 24.8 Å². The predicted molar refractivity (Wildman–Crippen MR) is 106 cm³/mol. The van der Waals surface area contributed by atoms with Crippen molar-refractivity contribution >= 4 is 34.7 Å². The monoisotopic (exact) mass is 386 g/mol. The Morgan fingerprint density at radius 1 is 0.852 bits per heavy atom. The van der Waals surface area contributed by atoms with Crippen LogP contribution in [0.25, 0.3) is 0 Å². The van der Waals surface area contributed by atoms with Crippen LogP contribution >= 0.6 is 11.6 Å². The Hall–Kier alpha value is -3.19. The van der Waals surface area contributed by atoms with Gasteiger partial charge in [0.05, 0.1) is 32.0 Å². The van der Waals surface area contributed by atoms with E-state index in [4.69, 9.17) is 25.8 Å². The average Bonchev–Trinajstić information content (AvgIpc) is 2.68. The van der Waals surface area contributed by atoms with Crippen molar-refractivity contribution in [1.29, 1.82) is 0 Å². The van der Waals surface area contributed by atoms with Gasteiger partial charge in [-0.3, -0.25) is 0 Å². The van der Waals surface area contributed by atoms with Crippen molar-refractivity contribution in [2.24, 2.45) is 0 Å². The van der Waals surface area contributed by atoms with E-state index in [-0.39, 0.29) is 0 Å². The molecule has 3 aromatic rings. The Kier molecular flexibility index (Phi) is 5.83. The lowest BCUT2D eigenvalue weighted by atomic mass is 10.2. The van der Waals surface area contributed by atoms with Crippen molar-refractivity contribution in [3.63, 3.8) is 0 Å². The average molecular weight is 387 g/mol. The number of halogens is 1. The molecule has 0 saturated carbocycles. The van der Waals surface area contributed by atoms with Gasteiger partial charge in [0.1, 0.15) is 23.1 Å². The first kappa shape index (κ1) is 18.6. The first-order chi connectivity index (χ1) is 13.1. The van der Waals surface area contributed by atoms with Crippen LogP contribution in [0.1, 0.15) is 0 Å². The number of anilines is 4. The van der Waals surface area contributed by atoms with Gasteiger partial charge in [0.15, 0.2) is 0 Å². The van der Waals surface area contributed by atoms with Crippen LogP contribution in [-0.2, 0) is 0 Å². The van der Waals surface area contributed by atoms with E-state index in [0.717, 1.165) is 5.69 Å². The lowest BCUT2D eigenvalue weighted by Gasteiger charge is -2.13. The van der Waals surface area contributed by atoms with E-state index in [0.29, 0.717) is 39.7 Å². The summed E-state index contributed by atoms with van der Waals surface area (Å²) in [5, 5.41) is 6.84. The van der Waals surface area contributed by atoms with Gasteiger partial charge in [0.2, 0.25) is 5.95 Å². The minimum absolute atomic E-state index is 0.408. The van der Waals surface area contributed by atoms with Gasteiger partial charge in [-0.05, 0) is 36.4 Å². The number of rotatable bonds is 7. The van der Waals surface area contributed by atoms with Crippen LogP contribution in [0.15, 0.2) is 48.7 Å². The highest BCUT2D eigenvalue weighted by atomic mass is 35.5. The van der Waals surface area contributed by atoms with Crippen molar-refractivity contribution in [3.05, 3.63) is 53.7 Å². The number of hydrogen-bond acceptors (Lipinski definition) is 7. The van der Waals surface area contributed by atoms with Gasteiger partial charge in [0, 0.05) is 18.0 Å². The maximum absolute atomic E-state index is 6.16. The fourth-order valence-electron chi connectivity index (χ4n) is 2.41. The summed E-state index contributed by atoms with van der Waals surface area (Å²) in [6, 6.07) is 12.6. The van der Waals surface area contributed by atoms with Crippen LogP contribution in [0.4, 0.5) is 23.1 Å². The molecule has 0 aliphatic heterocycles. The Morgan fingerprint density at radius 2 is 1.63 bits per heavy atom. The van der Waals surface area contributed by atoms with Crippen LogP contribution in [0.2, 0.25) is 5.02 Å². The topological polar surface area (TPSA) is 77.5 Å². The van der Waals surface area contributed by atoms with Crippen LogP contribution in [0.5, 0.6) is 17.2 Å². The zero-order valence-electron chi connectivity index (χ0n) is 15.1. The first-order valence-corrected chi connectivity index (χ1v) is 8.43. The summed E-state index contributed by atoms with van der Waals surface area (Å²) in [6.07, 6.45) is 1.65. The minimum atomic E-state index is 0.408. The molecular weight excluding hydrogens is 368 g/mol. The molecule has 0 spiro atoms. The normalized spacial score (nSPS) is 10.2. The molecule has 0 fully saturated rings. The summed E-state index contributed by atoms with van der Waals surface area (Å²) in [7, 11) is 4.77. The molecule has 0 saturated heterocycles. The van der Waals surface area contributed by atoms with Crippen LogP contribution < -0.4 is 24.8 Å². The number of hydrogen-bond donors (Lipinski definition) is 2. The molecule has 0 amide bonds. The summed E-state index contributed by atoms with van der Waals surface area (Å²) in [5.74, 6) is 2.97. The summed E-state index contributed by atoms with van der Waals surface area (Å²) in [5.41, 5.74) is 1.48. The molecular formula is C19H19ClN4O3. The largest absolute Gasteiger partial charge is 0.497 e. The lowest BCUT2D eigenvalue weighted by molar-refractivity contribution is 0.405. The SMILES string of the molecule is COc1ccc(OC)c(Nc2nccc(Nc3ccc(OC)c(Cl)c3)n2)c1. The molecule has 8 heteroatoms. The van der Waals surface area contributed by atoms with Crippen molar-refractivity contribution < 1.29 is 14.2 Å². The third kappa shape index (κ3) is 4.51. The van der Waals surface area contributed by atoms with E-state index < -0.39 is 0 Å². The van der Waals surface area contributed by atoms with Crippen molar-refractivity contribution in [3.8, 4) is 17.2 Å². The van der Waals surface area contributed by atoms with Crippen molar-refractivity contribution in [2.75, 3.05) is 32.0 Å². The van der Waals surface area contributed by atoms with E-state index in [1.807, 2.05) is 24.3 Å². The van der Waals surface area contributed by atoms with E-state index >= 15 is 0 Å². The second-order valence-corrected chi connectivity index (χ2v) is 5.84. The smallest absolute Gasteiger partial charge is 0.229 e. The molecule has 1 heterocycles. The fourth-order valence-corrected chi connectivity index (χ4v) is 2.67. The zero-order chi connectivity index (χ0) is 19.2. The van der Waals surface area contributed by atoms with Gasteiger partial charge in [-0.2, -0.15) is 4.98 Å². The standard InChI is InChI=1S/C19H19ClN4O3/c1-25-13-5-7-17(27-3)15(11-13)23-19-21-9-8-18(24-19)22-12-4-6-16(26-2)14(20)10-12/h4-11H,1-3H3,(H2,21,22,23,24). The molecule has 0 aliphatic rings. The molecule has 0 radical (unpaired) electrons. The van der Waals surface area contributed by atoms with Gasteiger partial charge in [-0.25, -0.2) is 4.98 Å². The maximum Gasteiger partial charge on any atom is 0.229 e. The summed E-state index contributed by atoms with van der Waals surface area (Å²) < 4.78 is 15.8. The fraction of sp³-hybridized carbons (Fsp3) is 0.158. The molecule has 1 aromatic heterocycles. The number of benzene rings is 2. The van der Waals surface area contributed by atoms with Crippen molar-refractivity contribution in [2.45, 2.75) is 0 Å². The highest BCUT2D eigenvalue weighted by molar-refractivity contribution is 6.32. The molecule has 27 heavy (non-hydrogen) atoms. The van der Waals surface area contributed by atoms with Crippen molar-refractivity contribution in [1.82, 2.24) is 9.97 Å². The number of ether oxygens (including phenoxy) is 3. The van der Waals surface area contributed by atoms with Gasteiger partial charge in [-0.1, -0.05) is 11.6 Å². The first-order valence-electron chi connectivity index (χ1n) is 8.05. The number of nitrogens with zero attached hydrogens (tertiary/aromatic N) is 2. The maximum atomic E-state index is 6.16. The molecule has 0 aliphatic carbocycles. The Morgan fingerprint density at radius 3 is 2.33 bits per heavy atom. The molecule has 140 valence electrons. The summed E-state index contributed by atoms with van der Waals surface area (Å²) in [6.45, 7) is 0.